The van der Waals surface area contributed by atoms with Crippen LogP contribution in [0.15, 0.2) is 30.3 Å². The van der Waals surface area contributed by atoms with Crippen molar-refractivity contribution in [2.75, 3.05) is 13.1 Å². The van der Waals surface area contributed by atoms with Crippen LogP contribution in [0.5, 0.6) is 0 Å². The molecule has 128 valence electrons. The highest BCUT2D eigenvalue weighted by molar-refractivity contribution is 5.76. The second-order valence-corrected chi connectivity index (χ2v) is 7.54. The summed E-state index contributed by atoms with van der Waals surface area (Å²) in [6.07, 6.45) is 3.09. The van der Waals surface area contributed by atoms with Crippen molar-refractivity contribution in [2.45, 2.75) is 64.1 Å². The normalized spacial score (nSPS) is 20.4. The van der Waals surface area contributed by atoms with Gasteiger partial charge in [-0.05, 0) is 52.1 Å². The Balaban J connectivity index is 1.82. The topological polar surface area (TPSA) is 52.6 Å². The van der Waals surface area contributed by atoms with Crippen molar-refractivity contribution in [1.82, 2.24) is 10.2 Å². The first kappa shape index (κ1) is 18.0. The van der Waals surface area contributed by atoms with Gasteiger partial charge in [-0.1, -0.05) is 30.3 Å². The van der Waals surface area contributed by atoms with E-state index in [4.69, 9.17) is 0 Å². The third kappa shape index (κ3) is 5.96. The van der Waals surface area contributed by atoms with Crippen molar-refractivity contribution < 1.29 is 9.90 Å². The molecular weight excluding hydrogens is 288 g/mol. The highest BCUT2D eigenvalue weighted by Gasteiger charge is 2.27. The Labute approximate surface area is 139 Å². The van der Waals surface area contributed by atoms with Gasteiger partial charge >= 0.3 is 0 Å². The molecule has 0 radical (unpaired) electrons. The number of hydrogen-bond acceptors (Lipinski definition) is 3. The number of rotatable bonds is 6. The van der Waals surface area contributed by atoms with Crippen molar-refractivity contribution in [3.8, 4) is 0 Å². The maximum atomic E-state index is 12.0. The van der Waals surface area contributed by atoms with E-state index in [9.17, 15) is 9.90 Å². The van der Waals surface area contributed by atoms with E-state index < -0.39 is 6.10 Å². The van der Waals surface area contributed by atoms with Crippen LogP contribution in [0.2, 0.25) is 0 Å². The second-order valence-electron chi connectivity index (χ2n) is 7.54. The Morgan fingerprint density at radius 3 is 2.70 bits per heavy atom. The largest absolute Gasteiger partial charge is 0.388 e. The van der Waals surface area contributed by atoms with Gasteiger partial charge < -0.3 is 10.4 Å². The third-order valence-electron chi connectivity index (χ3n) is 4.32. The minimum absolute atomic E-state index is 0.103. The summed E-state index contributed by atoms with van der Waals surface area (Å²) in [6, 6.07) is 10.2. The summed E-state index contributed by atoms with van der Waals surface area (Å²) in [5, 5.41) is 13.4. The van der Waals surface area contributed by atoms with Crippen molar-refractivity contribution in [2.24, 2.45) is 0 Å². The van der Waals surface area contributed by atoms with Crippen molar-refractivity contribution in [1.29, 1.82) is 0 Å². The van der Waals surface area contributed by atoms with Crippen molar-refractivity contribution >= 4 is 5.91 Å². The summed E-state index contributed by atoms with van der Waals surface area (Å²) in [4.78, 5) is 14.3. The molecule has 1 fully saturated rings. The number of likely N-dealkylation sites (tertiary alicyclic amines) is 1. The van der Waals surface area contributed by atoms with Crippen LogP contribution in [-0.2, 0) is 4.79 Å². The van der Waals surface area contributed by atoms with E-state index in [1.54, 1.807) is 0 Å². The van der Waals surface area contributed by atoms with E-state index >= 15 is 0 Å². The molecule has 23 heavy (non-hydrogen) atoms. The fourth-order valence-electron chi connectivity index (χ4n) is 3.25. The molecule has 0 aliphatic carbocycles. The quantitative estimate of drug-likeness (QED) is 0.848. The van der Waals surface area contributed by atoms with Gasteiger partial charge in [-0.3, -0.25) is 9.69 Å². The van der Waals surface area contributed by atoms with E-state index in [-0.39, 0.29) is 11.4 Å². The Hall–Kier alpha value is -1.39. The fraction of sp³-hybridized carbons (Fsp3) is 0.632. The summed E-state index contributed by atoms with van der Waals surface area (Å²) < 4.78 is 0. The lowest BCUT2D eigenvalue weighted by Crippen LogP contribution is -2.42. The van der Waals surface area contributed by atoms with Crippen LogP contribution in [-0.4, -0.2) is 40.6 Å². The van der Waals surface area contributed by atoms with Crippen LogP contribution in [0, 0.1) is 0 Å². The van der Waals surface area contributed by atoms with Crippen LogP contribution in [0.3, 0.4) is 0 Å². The molecule has 1 aromatic rings. The minimum atomic E-state index is -0.426. The zero-order valence-electron chi connectivity index (χ0n) is 14.6. The first-order valence-electron chi connectivity index (χ1n) is 8.63. The monoisotopic (exact) mass is 318 g/mol. The molecule has 0 bridgehead atoms. The van der Waals surface area contributed by atoms with Crippen LogP contribution in [0.25, 0.3) is 0 Å². The maximum absolute atomic E-state index is 12.0. The number of carbonyl (C=O) groups excluding carboxylic acids is 1. The van der Waals surface area contributed by atoms with E-state index in [0.717, 1.165) is 37.9 Å². The summed E-state index contributed by atoms with van der Waals surface area (Å²) in [7, 11) is 0. The molecule has 4 nitrogen and oxygen atoms in total. The van der Waals surface area contributed by atoms with Gasteiger partial charge in [0, 0.05) is 24.5 Å². The highest BCUT2D eigenvalue weighted by Crippen LogP contribution is 2.27. The molecule has 0 aromatic heterocycles. The number of aliphatic hydroxyl groups excluding tert-OH is 1. The Bertz CT molecular complexity index is 496. The molecule has 0 saturated carbocycles. The number of amides is 1. The first-order chi connectivity index (χ1) is 10.8. The highest BCUT2D eigenvalue weighted by atomic mass is 16.3. The Morgan fingerprint density at radius 2 is 2.04 bits per heavy atom. The zero-order chi connectivity index (χ0) is 16.9. The lowest BCUT2D eigenvalue weighted by molar-refractivity contribution is -0.122. The van der Waals surface area contributed by atoms with Gasteiger partial charge in [-0.25, -0.2) is 0 Å². The molecule has 2 N–H and O–H groups in total. The molecule has 0 unspecified atom stereocenters. The van der Waals surface area contributed by atoms with Gasteiger partial charge in [-0.15, -0.1) is 0 Å². The fourth-order valence-corrected chi connectivity index (χ4v) is 3.25. The molecule has 1 aliphatic heterocycles. The number of nitrogens with zero attached hydrogens (tertiary/aromatic N) is 1. The first-order valence-corrected chi connectivity index (χ1v) is 8.63. The summed E-state index contributed by atoms with van der Waals surface area (Å²) in [6.45, 7) is 7.79. The van der Waals surface area contributed by atoms with Gasteiger partial charge in [0.15, 0.2) is 0 Å². The molecule has 1 aromatic carbocycles. The van der Waals surface area contributed by atoms with Crippen molar-refractivity contribution in [3.63, 3.8) is 0 Å². The van der Waals surface area contributed by atoms with Gasteiger partial charge in [0.25, 0.3) is 0 Å². The predicted molar refractivity (Wildman–Crippen MR) is 93.1 cm³/mol. The Kier molecular flexibility index (Phi) is 6.19. The van der Waals surface area contributed by atoms with Crippen LogP contribution in [0.4, 0.5) is 0 Å². The average molecular weight is 318 g/mol. The van der Waals surface area contributed by atoms with Gasteiger partial charge in [0.1, 0.15) is 0 Å². The SMILES string of the molecule is CC(C)(C)NC(=O)CCN1CCC[C@@H]1C[C@@H](O)c1ccccc1. The summed E-state index contributed by atoms with van der Waals surface area (Å²) in [5.74, 6) is 0.103. The number of hydrogen-bond donors (Lipinski definition) is 2. The van der Waals surface area contributed by atoms with E-state index in [2.05, 4.69) is 10.2 Å². The smallest absolute Gasteiger partial charge is 0.221 e. The molecular formula is C19H30N2O2. The van der Waals surface area contributed by atoms with E-state index in [0.29, 0.717) is 12.5 Å². The van der Waals surface area contributed by atoms with E-state index in [1.807, 2.05) is 51.1 Å². The minimum Gasteiger partial charge on any atom is -0.388 e. The molecule has 4 heteroatoms. The van der Waals surface area contributed by atoms with Crippen LogP contribution < -0.4 is 5.32 Å². The summed E-state index contributed by atoms with van der Waals surface area (Å²) in [5.41, 5.74) is 0.801. The van der Waals surface area contributed by atoms with E-state index in [1.165, 1.54) is 0 Å². The molecule has 0 spiro atoms. The lowest BCUT2D eigenvalue weighted by atomic mass is 10.0. The molecule has 1 heterocycles. The van der Waals surface area contributed by atoms with Gasteiger partial charge in [0.05, 0.1) is 6.10 Å². The predicted octanol–water partition coefficient (Wildman–Crippen LogP) is 2.88. The van der Waals surface area contributed by atoms with Gasteiger partial charge in [0.2, 0.25) is 5.91 Å². The van der Waals surface area contributed by atoms with Gasteiger partial charge in [-0.2, -0.15) is 0 Å². The summed E-state index contributed by atoms with van der Waals surface area (Å²) >= 11 is 0. The number of benzene rings is 1. The average Bonchev–Trinajstić information content (AvgIpc) is 2.91. The molecule has 2 atom stereocenters. The lowest BCUT2D eigenvalue weighted by Gasteiger charge is -2.27. The molecule has 2 rings (SSSR count). The molecule has 1 amide bonds. The third-order valence-corrected chi connectivity index (χ3v) is 4.32. The number of nitrogens with one attached hydrogen (secondary N) is 1. The van der Waals surface area contributed by atoms with Crippen molar-refractivity contribution in [3.05, 3.63) is 35.9 Å². The maximum Gasteiger partial charge on any atom is 0.221 e. The Morgan fingerprint density at radius 1 is 1.35 bits per heavy atom. The number of carbonyl (C=O) groups is 1. The zero-order valence-corrected chi connectivity index (χ0v) is 14.6. The molecule has 1 aliphatic rings. The standard InChI is InChI=1S/C19H30N2O2/c1-19(2,3)20-18(23)11-13-21-12-7-10-16(21)14-17(22)15-8-5-4-6-9-15/h4-6,8-9,16-17,22H,7,10-14H2,1-3H3,(H,20,23)/t16-,17-/m1/s1. The van der Waals surface area contributed by atoms with Crippen LogP contribution in [0.1, 0.15) is 58.1 Å². The number of aliphatic hydroxyl groups is 1. The molecule has 1 saturated heterocycles. The van der Waals surface area contributed by atoms with Crippen LogP contribution >= 0.6 is 0 Å². The second kappa shape index (κ2) is 7.93.